The van der Waals surface area contributed by atoms with Crippen molar-refractivity contribution >= 4 is 29.9 Å². The van der Waals surface area contributed by atoms with E-state index in [-0.39, 0.29) is 42.4 Å². The first kappa shape index (κ1) is 20.8. The Morgan fingerprint density at radius 1 is 1.33 bits per heavy atom. The van der Waals surface area contributed by atoms with Crippen molar-refractivity contribution in [2.75, 3.05) is 20.2 Å². The molecule has 5 nitrogen and oxygen atoms in total. The maximum Gasteiger partial charge on any atom is 0.573 e. The number of aliphatic imine (C=N–C) groups is 1. The van der Waals surface area contributed by atoms with Crippen molar-refractivity contribution in [3.63, 3.8) is 0 Å². The van der Waals surface area contributed by atoms with Gasteiger partial charge in [-0.25, -0.2) is 0 Å². The van der Waals surface area contributed by atoms with Gasteiger partial charge in [0.2, 0.25) is 0 Å². The summed E-state index contributed by atoms with van der Waals surface area (Å²) in [7, 11) is 1.60. The zero-order valence-corrected chi connectivity index (χ0v) is 15.6. The van der Waals surface area contributed by atoms with Crippen LogP contribution in [-0.2, 0) is 11.3 Å². The van der Waals surface area contributed by atoms with Gasteiger partial charge in [-0.05, 0) is 18.9 Å². The minimum atomic E-state index is -4.71. The van der Waals surface area contributed by atoms with Crippen molar-refractivity contribution < 1.29 is 22.6 Å². The number of rotatable bonds is 5. The summed E-state index contributed by atoms with van der Waals surface area (Å²) < 4.78 is 46.7. The smallest absolute Gasteiger partial charge is 0.405 e. The van der Waals surface area contributed by atoms with Gasteiger partial charge in [0, 0.05) is 32.3 Å². The first-order valence-electron chi connectivity index (χ1n) is 7.37. The number of nitrogens with zero attached hydrogens (tertiary/aromatic N) is 1. The highest BCUT2D eigenvalue weighted by Crippen LogP contribution is 2.26. The third kappa shape index (κ3) is 7.12. The molecule has 0 aromatic heterocycles. The fraction of sp³-hybridized carbons (Fsp3) is 0.533. The zero-order valence-electron chi connectivity index (χ0n) is 13.2. The van der Waals surface area contributed by atoms with Gasteiger partial charge in [0.15, 0.2) is 5.96 Å². The van der Waals surface area contributed by atoms with Crippen molar-refractivity contribution in [1.82, 2.24) is 10.6 Å². The molecule has 2 N–H and O–H groups in total. The topological polar surface area (TPSA) is 54.9 Å². The van der Waals surface area contributed by atoms with Gasteiger partial charge in [-0.1, -0.05) is 18.2 Å². The molecule has 9 heteroatoms. The van der Waals surface area contributed by atoms with Crippen molar-refractivity contribution in [1.29, 1.82) is 0 Å². The number of nitrogens with one attached hydrogen (secondary N) is 2. The van der Waals surface area contributed by atoms with Crippen molar-refractivity contribution in [2.45, 2.75) is 31.9 Å². The van der Waals surface area contributed by atoms with Crippen LogP contribution in [0, 0.1) is 0 Å². The predicted octanol–water partition coefficient (Wildman–Crippen LogP) is 3.05. The van der Waals surface area contributed by atoms with Crippen molar-refractivity contribution in [2.24, 2.45) is 4.99 Å². The Kier molecular flexibility index (Phi) is 8.60. The van der Waals surface area contributed by atoms with Gasteiger partial charge < -0.3 is 20.1 Å². The Balaban J connectivity index is 0.00000288. The molecule has 1 aromatic rings. The Bertz CT molecular complexity index is 535. The third-order valence-corrected chi connectivity index (χ3v) is 3.39. The zero-order chi connectivity index (χ0) is 16.7. The molecule has 0 radical (unpaired) electrons. The molecular weight excluding hydrogens is 438 g/mol. The molecule has 1 fully saturated rings. The Morgan fingerprint density at radius 2 is 2.08 bits per heavy atom. The van der Waals surface area contributed by atoms with Crippen LogP contribution in [0.4, 0.5) is 13.2 Å². The molecular formula is C15H21F3IN3O2. The van der Waals surface area contributed by atoms with Crippen molar-refractivity contribution in [3.8, 4) is 5.75 Å². The van der Waals surface area contributed by atoms with E-state index >= 15 is 0 Å². The highest BCUT2D eigenvalue weighted by Gasteiger charge is 2.31. The molecule has 1 aromatic carbocycles. The standard InChI is InChI=1S/C15H20F3N3O2.HI/c1-19-14(21-10-12-6-4-8-22-12)20-9-11-5-2-3-7-13(11)23-15(16,17)18;/h2-3,5,7,12H,4,6,8-10H2,1H3,(H2,19,20,21);1H. The second-order valence-electron chi connectivity index (χ2n) is 5.10. The molecule has 1 atom stereocenters. The Hall–Kier alpha value is -1.23. The lowest BCUT2D eigenvalue weighted by Crippen LogP contribution is -2.40. The van der Waals surface area contributed by atoms with Crippen LogP contribution >= 0.6 is 24.0 Å². The molecule has 1 unspecified atom stereocenters. The number of hydrogen-bond acceptors (Lipinski definition) is 3. The van der Waals surface area contributed by atoms with Gasteiger partial charge in [0.05, 0.1) is 6.10 Å². The average molecular weight is 459 g/mol. The summed E-state index contributed by atoms with van der Waals surface area (Å²) >= 11 is 0. The van der Waals surface area contributed by atoms with Crippen LogP contribution in [0.2, 0.25) is 0 Å². The van der Waals surface area contributed by atoms with Gasteiger partial charge in [0.25, 0.3) is 0 Å². The lowest BCUT2D eigenvalue weighted by Gasteiger charge is -2.17. The first-order chi connectivity index (χ1) is 11.0. The molecule has 1 aliphatic rings. The molecule has 1 heterocycles. The maximum atomic E-state index is 12.4. The fourth-order valence-corrected chi connectivity index (χ4v) is 2.29. The van der Waals surface area contributed by atoms with E-state index < -0.39 is 6.36 Å². The molecule has 136 valence electrons. The number of halogens is 4. The molecule has 1 aliphatic heterocycles. The summed E-state index contributed by atoms with van der Waals surface area (Å²) in [6.45, 7) is 1.54. The van der Waals surface area contributed by atoms with Crippen molar-refractivity contribution in [3.05, 3.63) is 29.8 Å². The number of benzene rings is 1. The molecule has 0 amide bonds. The van der Waals surface area contributed by atoms with E-state index in [1.165, 1.54) is 12.1 Å². The highest BCUT2D eigenvalue weighted by atomic mass is 127. The quantitative estimate of drug-likeness (QED) is 0.404. The first-order valence-corrected chi connectivity index (χ1v) is 7.37. The fourth-order valence-electron chi connectivity index (χ4n) is 2.29. The number of ether oxygens (including phenoxy) is 2. The van der Waals surface area contributed by atoms with E-state index in [1.54, 1.807) is 19.2 Å². The van der Waals surface area contributed by atoms with Crippen LogP contribution in [0.1, 0.15) is 18.4 Å². The van der Waals surface area contributed by atoms with E-state index in [9.17, 15) is 13.2 Å². The number of alkyl halides is 3. The minimum absolute atomic E-state index is 0. The van der Waals surface area contributed by atoms with E-state index in [0.717, 1.165) is 19.4 Å². The monoisotopic (exact) mass is 459 g/mol. The lowest BCUT2D eigenvalue weighted by atomic mass is 10.2. The summed E-state index contributed by atoms with van der Waals surface area (Å²) in [6, 6.07) is 6.01. The molecule has 2 rings (SSSR count). The van der Waals surface area contributed by atoms with Gasteiger partial charge in [-0.2, -0.15) is 0 Å². The molecule has 0 aliphatic carbocycles. The van der Waals surface area contributed by atoms with Crippen LogP contribution in [0.5, 0.6) is 5.75 Å². The van der Waals surface area contributed by atoms with Gasteiger partial charge in [0.1, 0.15) is 5.75 Å². The van der Waals surface area contributed by atoms with Gasteiger partial charge >= 0.3 is 6.36 Å². The average Bonchev–Trinajstić information content (AvgIpc) is 3.01. The highest BCUT2D eigenvalue weighted by molar-refractivity contribution is 14.0. The Morgan fingerprint density at radius 3 is 2.71 bits per heavy atom. The van der Waals surface area contributed by atoms with Crippen LogP contribution in [0.15, 0.2) is 29.3 Å². The molecule has 24 heavy (non-hydrogen) atoms. The summed E-state index contributed by atoms with van der Waals surface area (Å²) in [5.41, 5.74) is 0.393. The second-order valence-corrected chi connectivity index (χ2v) is 5.10. The van der Waals surface area contributed by atoms with Crippen LogP contribution < -0.4 is 15.4 Å². The van der Waals surface area contributed by atoms with Crippen LogP contribution in [-0.4, -0.2) is 38.6 Å². The summed E-state index contributed by atoms with van der Waals surface area (Å²) in [5.74, 6) is 0.282. The van der Waals surface area contributed by atoms with E-state index in [4.69, 9.17) is 4.74 Å². The van der Waals surface area contributed by atoms with E-state index in [1.807, 2.05) is 0 Å². The summed E-state index contributed by atoms with van der Waals surface area (Å²) in [6.07, 6.45) is -2.53. The second kappa shape index (κ2) is 9.92. The molecule has 1 saturated heterocycles. The normalized spacial score (nSPS) is 18.0. The van der Waals surface area contributed by atoms with Gasteiger partial charge in [-0.15, -0.1) is 37.1 Å². The van der Waals surface area contributed by atoms with Gasteiger partial charge in [-0.3, -0.25) is 4.99 Å². The molecule has 0 saturated carbocycles. The number of guanidine groups is 1. The Labute approximate surface area is 156 Å². The molecule has 0 bridgehead atoms. The lowest BCUT2D eigenvalue weighted by molar-refractivity contribution is -0.274. The minimum Gasteiger partial charge on any atom is -0.405 e. The molecule has 0 spiro atoms. The summed E-state index contributed by atoms with van der Waals surface area (Å²) in [5, 5.41) is 6.07. The van der Waals surface area contributed by atoms with E-state index in [2.05, 4.69) is 20.4 Å². The largest absolute Gasteiger partial charge is 0.573 e. The maximum absolute atomic E-state index is 12.4. The van der Waals surface area contributed by atoms with Crippen LogP contribution in [0.3, 0.4) is 0 Å². The predicted molar refractivity (Wildman–Crippen MR) is 95.7 cm³/mol. The third-order valence-electron chi connectivity index (χ3n) is 3.39. The summed E-state index contributed by atoms with van der Waals surface area (Å²) in [4.78, 5) is 4.04. The SMILES string of the molecule is CN=C(NCc1ccccc1OC(F)(F)F)NCC1CCCO1.I. The number of para-hydroxylation sites is 1. The van der Waals surface area contributed by atoms with E-state index in [0.29, 0.717) is 18.1 Å². The number of hydrogen-bond donors (Lipinski definition) is 2. The van der Waals surface area contributed by atoms with Crippen LogP contribution in [0.25, 0.3) is 0 Å².